The van der Waals surface area contributed by atoms with Crippen LogP contribution in [-0.2, 0) is 0 Å². The lowest BCUT2D eigenvalue weighted by atomic mass is 9.86. The average Bonchev–Trinajstić information content (AvgIpc) is 3.56. The second kappa shape index (κ2) is 10.1. The summed E-state index contributed by atoms with van der Waals surface area (Å²) in [6.07, 6.45) is 0. The van der Waals surface area contributed by atoms with Gasteiger partial charge in [-0.2, -0.15) is 0 Å². The zero-order valence-electron chi connectivity index (χ0n) is 29.0. The Morgan fingerprint density at radius 1 is 0.278 bits per heavy atom. The van der Waals surface area contributed by atoms with Crippen LogP contribution >= 0.6 is 0 Å². The largest absolute Gasteiger partial charge is 0.309 e. The van der Waals surface area contributed by atoms with Gasteiger partial charge in [-0.15, -0.1) is 0 Å². The third kappa shape index (κ3) is 3.57. The smallest absolute Gasteiger partial charge is 0.123 e. The van der Waals surface area contributed by atoms with Gasteiger partial charge in [-0.3, -0.25) is 0 Å². The number of hydrogen-bond acceptors (Lipinski definition) is 0. The molecule has 0 unspecified atom stereocenters. The lowest BCUT2D eigenvalue weighted by Gasteiger charge is -2.17. The highest BCUT2D eigenvalue weighted by atomic mass is 19.1. The Bertz CT molecular complexity index is 3410. The van der Waals surface area contributed by atoms with Gasteiger partial charge >= 0.3 is 0 Å². The molecule has 0 bridgehead atoms. The van der Waals surface area contributed by atoms with E-state index in [0.717, 1.165) is 16.7 Å². The third-order valence-corrected chi connectivity index (χ3v) is 12.3. The van der Waals surface area contributed by atoms with Crippen LogP contribution in [0.15, 0.2) is 170 Å². The lowest BCUT2D eigenvalue weighted by Crippen LogP contribution is -1.94. The molecule has 0 N–H and O–H groups in total. The van der Waals surface area contributed by atoms with Crippen molar-refractivity contribution in [1.29, 1.82) is 0 Å². The Balaban J connectivity index is 1.14. The minimum Gasteiger partial charge on any atom is -0.309 e. The third-order valence-electron chi connectivity index (χ3n) is 12.3. The summed E-state index contributed by atoms with van der Waals surface area (Å²) in [6, 6.07) is 61.2. The molecule has 0 saturated heterocycles. The normalized spacial score (nSPS) is 12.5. The maximum absolute atomic E-state index is 14.3. The number of rotatable bonds is 3. The predicted octanol–water partition coefficient (Wildman–Crippen LogP) is 14.6. The van der Waals surface area contributed by atoms with Crippen molar-refractivity contribution in [1.82, 2.24) is 4.57 Å². The van der Waals surface area contributed by atoms with Crippen LogP contribution in [0.3, 0.4) is 0 Å². The van der Waals surface area contributed by atoms with Gasteiger partial charge in [0, 0.05) is 16.5 Å². The molecule has 12 aromatic carbocycles. The average molecular weight is 686 g/mol. The van der Waals surface area contributed by atoms with Crippen molar-refractivity contribution in [3.05, 3.63) is 176 Å². The predicted molar refractivity (Wildman–Crippen MR) is 228 cm³/mol. The molecule has 1 aromatic heterocycles. The first-order chi connectivity index (χ1) is 26.7. The highest BCUT2D eigenvalue weighted by Gasteiger charge is 2.23. The molecule has 13 aromatic rings. The van der Waals surface area contributed by atoms with Gasteiger partial charge in [-0.1, -0.05) is 133 Å². The van der Waals surface area contributed by atoms with E-state index >= 15 is 0 Å². The van der Waals surface area contributed by atoms with Gasteiger partial charge in [0.1, 0.15) is 5.82 Å². The topological polar surface area (TPSA) is 4.93 Å². The molecule has 0 radical (unpaired) electrons. The van der Waals surface area contributed by atoms with Crippen molar-refractivity contribution in [3.63, 3.8) is 0 Å². The van der Waals surface area contributed by atoms with E-state index < -0.39 is 0 Å². The van der Waals surface area contributed by atoms with Gasteiger partial charge in [-0.25, -0.2) is 4.39 Å². The molecule has 0 aliphatic rings. The second-order valence-electron chi connectivity index (χ2n) is 14.9. The van der Waals surface area contributed by atoms with Crippen molar-refractivity contribution in [2.75, 3.05) is 0 Å². The fourth-order valence-electron chi connectivity index (χ4n) is 10.0. The monoisotopic (exact) mass is 685 g/mol. The first-order valence-electron chi connectivity index (χ1n) is 18.6. The SMILES string of the molecule is Fc1ccc(-n2c3ccc(-c4ccc5ccc6cccc7ccc4c5c67)c4ccc5c(-c6ccc7ccc8cccc9ccc6c7c89)ccc2c5c43)cc1. The summed E-state index contributed by atoms with van der Waals surface area (Å²) in [5, 5.41) is 20.3. The molecule has 2 heteroatoms. The van der Waals surface area contributed by atoms with Crippen molar-refractivity contribution >= 4 is 97.2 Å². The molecule has 1 nitrogen and oxygen atoms in total. The maximum atomic E-state index is 14.3. The maximum Gasteiger partial charge on any atom is 0.123 e. The van der Waals surface area contributed by atoms with Gasteiger partial charge in [0.25, 0.3) is 0 Å². The Labute approximate surface area is 308 Å². The van der Waals surface area contributed by atoms with Gasteiger partial charge in [-0.05, 0) is 134 Å². The minimum absolute atomic E-state index is 0.237. The Hall–Kier alpha value is -7.03. The summed E-state index contributed by atoms with van der Waals surface area (Å²) in [4.78, 5) is 0. The Morgan fingerprint density at radius 3 is 1.06 bits per heavy atom. The summed E-state index contributed by atoms with van der Waals surface area (Å²) in [6.45, 7) is 0. The fourth-order valence-corrected chi connectivity index (χ4v) is 10.0. The summed E-state index contributed by atoms with van der Waals surface area (Å²) < 4.78 is 16.6. The molecular formula is C52H28FN. The van der Waals surface area contributed by atoms with Crippen molar-refractivity contribution < 1.29 is 4.39 Å². The first kappa shape index (κ1) is 28.5. The standard InChI is InChI=1S/C52H28FN/c53-35-15-17-36(18-16-35)54-45-27-25-39(37-19-11-33-9-7-29-3-1-5-31-13-21-41(37)49(33)47(29)31)43-23-24-44-40(26-28-46(54)52(44)51(43)45)38-20-12-34-10-8-30-4-2-6-32-14-22-42(38)50(34)48(30)32/h1-28H. The summed E-state index contributed by atoms with van der Waals surface area (Å²) in [5.74, 6) is -0.237. The van der Waals surface area contributed by atoms with Crippen LogP contribution in [0.5, 0.6) is 0 Å². The molecular weight excluding hydrogens is 658 g/mol. The van der Waals surface area contributed by atoms with Crippen molar-refractivity contribution in [3.8, 4) is 27.9 Å². The summed E-state index contributed by atoms with van der Waals surface area (Å²) in [7, 11) is 0. The van der Waals surface area contributed by atoms with Crippen molar-refractivity contribution in [2.45, 2.75) is 0 Å². The number of aromatic nitrogens is 1. The van der Waals surface area contributed by atoms with E-state index in [9.17, 15) is 4.39 Å². The molecule has 1 heterocycles. The van der Waals surface area contributed by atoms with Gasteiger partial charge in [0.2, 0.25) is 0 Å². The zero-order valence-corrected chi connectivity index (χ0v) is 29.0. The highest BCUT2D eigenvalue weighted by molar-refractivity contribution is 6.32. The molecule has 54 heavy (non-hydrogen) atoms. The molecule has 248 valence electrons. The minimum atomic E-state index is -0.237. The van der Waals surface area contributed by atoms with E-state index in [-0.39, 0.29) is 5.82 Å². The molecule has 0 amide bonds. The Kier molecular flexibility index (Phi) is 5.34. The first-order valence-corrected chi connectivity index (χ1v) is 18.6. The van der Waals surface area contributed by atoms with Crippen LogP contribution in [0.1, 0.15) is 0 Å². The van der Waals surface area contributed by atoms with Gasteiger partial charge in [0.05, 0.1) is 11.0 Å². The highest BCUT2D eigenvalue weighted by Crippen LogP contribution is 2.49. The van der Waals surface area contributed by atoms with E-state index in [1.165, 1.54) is 108 Å². The molecule has 0 aliphatic heterocycles. The second-order valence-corrected chi connectivity index (χ2v) is 14.9. The van der Waals surface area contributed by atoms with E-state index in [0.29, 0.717) is 0 Å². The van der Waals surface area contributed by atoms with Gasteiger partial charge < -0.3 is 4.57 Å². The number of halogens is 1. The number of benzene rings is 12. The quantitative estimate of drug-likeness (QED) is 0.163. The lowest BCUT2D eigenvalue weighted by molar-refractivity contribution is 0.627. The van der Waals surface area contributed by atoms with Crippen LogP contribution in [0.4, 0.5) is 4.39 Å². The van der Waals surface area contributed by atoms with E-state index in [2.05, 4.69) is 150 Å². The molecule has 0 atom stereocenters. The molecule has 0 aliphatic carbocycles. The summed E-state index contributed by atoms with van der Waals surface area (Å²) in [5.41, 5.74) is 8.08. The van der Waals surface area contributed by atoms with Crippen LogP contribution in [0.25, 0.3) is 125 Å². The molecule has 0 fully saturated rings. The van der Waals surface area contributed by atoms with Gasteiger partial charge in [0.15, 0.2) is 0 Å². The molecule has 13 rings (SSSR count). The van der Waals surface area contributed by atoms with Crippen LogP contribution in [-0.4, -0.2) is 4.57 Å². The Morgan fingerprint density at radius 2 is 0.611 bits per heavy atom. The number of hydrogen-bond donors (Lipinski definition) is 0. The molecule has 0 spiro atoms. The van der Waals surface area contributed by atoms with Crippen LogP contribution < -0.4 is 0 Å². The zero-order chi connectivity index (χ0) is 35.2. The van der Waals surface area contributed by atoms with E-state index in [1.807, 2.05) is 12.1 Å². The van der Waals surface area contributed by atoms with Crippen LogP contribution in [0.2, 0.25) is 0 Å². The van der Waals surface area contributed by atoms with Crippen LogP contribution in [0, 0.1) is 5.82 Å². The fraction of sp³-hybridized carbons (Fsp3) is 0. The number of nitrogens with zero attached hydrogens (tertiary/aromatic N) is 1. The van der Waals surface area contributed by atoms with E-state index in [1.54, 1.807) is 12.1 Å². The van der Waals surface area contributed by atoms with E-state index in [4.69, 9.17) is 0 Å². The van der Waals surface area contributed by atoms with Crippen molar-refractivity contribution in [2.24, 2.45) is 0 Å². The molecule has 0 saturated carbocycles. The summed E-state index contributed by atoms with van der Waals surface area (Å²) >= 11 is 0.